The molecule has 1 saturated heterocycles. The summed E-state index contributed by atoms with van der Waals surface area (Å²) in [5, 5.41) is 4.18. The van der Waals surface area contributed by atoms with Crippen LogP contribution in [0.2, 0.25) is 0 Å². The minimum atomic E-state index is -0.153. The predicted octanol–water partition coefficient (Wildman–Crippen LogP) is 6.85. The van der Waals surface area contributed by atoms with Gasteiger partial charge in [0.05, 0.1) is 18.8 Å². The standard InChI is InChI=1S/C31H26N4O2S/c1-36-26-12-7-9-23(21-26)34-20-8-14-28(34)30-29(27-13-5-6-19-32-27)33-31(38)35(30)22-15-17-25(18-16-22)37-24-10-3-2-4-11-24/h2-21,29-30H,1H3,(H,33,38)/t29-,30-/m1/s1. The number of benzene rings is 3. The summed E-state index contributed by atoms with van der Waals surface area (Å²) in [6.45, 7) is 0. The van der Waals surface area contributed by atoms with Crippen LogP contribution in [-0.2, 0) is 0 Å². The van der Waals surface area contributed by atoms with E-state index in [1.165, 1.54) is 0 Å². The highest BCUT2D eigenvalue weighted by Crippen LogP contribution is 2.42. The molecule has 2 aromatic heterocycles. The largest absolute Gasteiger partial charge is 0.497 e. The van der Waals surface area contributed by atoms with E-state index in [-0.39, 0.29) is 12.1 Å². The molecule has 0 unspecified atom stereocenters. The fraction of sp³-hybridized carbons (Fsp3) is 0.0968. The van der Waals surface area contributed by atoms with Gasteiger partial charge in [-0.25, -0.2) is 0 Å². The number of thiocarbonyl (C=S) groups is 1. The van der Waals surface area contributed by atoms with Crippen molar-refractivity contribution >= 4 is 23.0 Å². The maximum Gasteiger partial charge on any atom is 0.174 e. The molecule has 7 heteroatoms. The second kappa shape index (κ2) is 10.4. The summed E-state index contributed by atoms with van der Waals surface area (Å²) in [7, 11) is 1.68. The molecule has 0 radical (unpaired) electrons. The topological polar surface area (TPSA) is 51.5 Å². The summed E-state index contributed by atoms with van der Waals surface area (Å²) in [5.74, 6) is 2.35. The Morgan fingerprint density at radius 3 is 2.29 bits per heavy atom. The van der Waals surface area contributed by atoms with Crippen molar-refractivity contribution < 1.29 is 9.47 Å². The van der Waals surface area contributed by atoms with E-state index in [4.69, 9.17) is 21.7 Å². The first-order valence-corrected chi connectivity index (χ1v) is 12.8. The molecular formula is C31H26N4O2S. The van der Waals surface area contributed by atoms with Crippen molar-refractivity contribution in [2.45, 2.75) is 12.1 Å². The molecule has 1 aliphatic rings. The molecule has 3 aromatic carbocycles. The normalized spacial score (nSPS) is 16.8. The van der Waals surface area contributed by atoms with E-state index < -0.39 is 0 Å². The van der Waals surface area contributed by atoms with E-state index in [2.05, 4.69) is 44.2 Å². The molecule has 3 heterocycles. The van der Waals surface area contributed by atoms with Gasteiger partial charge in [0.1, 0.15) is 23.3 Å². The monoisotopic (exact) mass is 518 g/mol. The van der Waals surface area contributed by atoms with Gasteiger partial charge >= 0.3 is 0 Å². The number of hydrogen-bond acceptors (Lipinski definition) is 4. The van der Waals surface area contributed by atoms with Gasteiger partial charge in [-0.05, 0) is 85.0 Å². The zero-order chi connectivity index (χ0) is 25.9. The first-order valence-electron chi connectivity index (χ1n) is 12.4. The molecule has 5 aromatic rings. The van der Waals surface area contributed by atoms with Crippen molar-refractivity contribution in [2.75, 3.05) is 12.0 Å². The van der Waals surface area contributed by atoms with Gasteiger partial charge in [-0.2, -0.15) is 0 Å². The molecule has 0 amide bonds. The van der Waals surface area contributed by atoms with E-state index in [9.17, 15) is 0 Å². The first-order chi connectivity index (χ1) is 18.7. The Morgan fingerprint density at radius 2 is 1.53 bits per heavy atom. The Hall–Kier alpha value is -4.62. The van der Waals surface area contributed by atoms with Gasteiger partial charge < -0.3 is 24.3 Å². The van der Waals surface area contributed by atoms with Crippen molar-refractivity contribution in [3.05, 3.63) is 133 Å². The van der Waals surface area contributed by atoms with Crippen LogP contribution in [0.4, 0.5) is 5.69 Å². The molecule has 0 spiro atoms. The number of aromatic nitrogens is 2. The van der Waals surface area contributed by atoms with Crippen LogP contribution in [0.1, 0.15) is 23.5 Å². The third-order valence-electron chi connectivity index (χ3n) is 6.61. The van der Waals surface area contributed by atoms with Crippen LogP contribution in [0.5, 0.6) is 17.2 Å². The Balaban J connectivity index is 1.40. The predicted molar refractivity (Wildman–Crippen MR) is 153 cm³/mol. The maximum absolute atomic E-state index is 6.02. The number of nitrogens with one attached hydrogen (secondary N) is 1. The molecule has 6 rings (SSSR count). The molecule has 6 nitrogen and oxygen atoms in total. The Kier molecular flexibility index (Phi) is 6.50. The van der Waals surface area contributed by atoms with Crippen LogP contribution < -0.4 is 19.7 Å². The molecule has 0 saturated carbocycles. The number of ether oxygens (including phenoxy) is 2. The van der Waals surface area contributed by atoms with Crippen LogP contribution >= 0.6 is 12.2 Å². The second-order valence-corrected chi connectivity index (χ2v) is 9.30. The number of para-hydroxylation sites is 1. The van der Waals surface area contributed by atoms with Crippen molar-refractivity contribution in [2.24, 2.45) is 0 Å². The average molecular weight is 519 g/mol. The molecule has 188 valence electrons. The van der Waals surface area contributed by atoms with Crippen LogP contribution in [-0.4, -0.2) is 21.8 Å². The lowest BCUT2D eigenvalue weighted by atomic mass is 10.0. The maximum atomic E-state index is 6.02. The lowest BCUT2D eigenvalue weighted by molar-refractivity contribution is 0.414. The summed E-state index contributed by atoms with van der Waals surface area (Å²) in [6, 6.07) is 35.7. The first kappa shape index (κ1) is 23.8. The van der Waals surface area contributed by atoms with Crippen molar-refractivity contribution in [1.29, 1.82) is 0 Å². The summed E-state index contributed by atoms with van der Waals surface area (Å²) in [5.41, 5.74) is 3.97. The lowest BCUT2D eigenvalue weighted by Crippen LogP contribution is -2.30. The number of nitrogens with zero attached hydrogens (tertiary/aromatic N) is 3. The zero-order valence-electron chi connectivity index (χ0n) is 20.8. The average Bonchev–Trinajstić information content (AvgIpc) is 3.59. The quantitative estimate of drug-likeness (QED) is 0.238. The van der Waals surface area contributed by atoms with E-state index in [0.29, 0.717) is 5.11 Å². The van der Waals surface area contributed by atoms with Gasteiger partial charge in [0, 0.05) is 35.5 Å². The molecule has 1 N–H and O–H groups in total. The van der Waals surface area contributed by atoms with Crippen molar-refractivity contribution in [3.8, 4) is 22.9 Å². The van der Waals surface area contributed by atoms with Crippen LogP contribution in [0.3, 0.4) is 0 Å². The highest BCUT2D eigenvalue weighted by atomic mass is 32.1. The van der Waals surface area contributed by atoms with Crippen LogP contribution in [0.15, 0.2) is 122 Å². The minimum Gasteiger partial charge on any atom is -0.497 e. The fourth-order valence-electron chi connectivity index (χ4n) is 4.86. The molecule has 0 aliphatic carbocycles. The van der Waals surface area contributed by atoms with Crippen molar-refractivity contribution in [3.63, 3.8) is 0 Å². The van der Waals surface area contributed by atoms with Crippen LogP contribution in [0, 0.1) is 0 Å². The molecule has 1 fully saturated rings. The minimum absolute atomic E-state index is 0.150. The summed E-state index contributed by atoms with van der Waals surface area (Å²) >= 11 is 5.91. The Labute approximate surface area is 227 Å². The number of pyridine rings is 1. The summed E-state index contributed by atoms with van der Waals surface area (Å²) in [4.78, 5) is 6.84. The number of rotatable bonds is 7. The van der Waals surface area contributed by atoms with E-state index >= 15 is 0 Å². The van der Waals surface area contributed by atoms with Crippen molar-refractivity contribution in [1.82, 2.24) is 14.9 Å². The SMILES string of the molecule is COc1cccc(-n2cccc2[C@@H]2[C@@H](c3ccccn3)NC(=S)N2c2ccc(Oc3ccccc3)cc2)c1. The number of hydrogen-bond donors (Lipinski definition) is 1. The van der Waals surface area contributed by atoms with Gasteiger partial charge in [-0.15, -0.1) is 0 Å². The zero-order valence-corrected chi connectivity index (χ0v) is 21.6. The highest BCUT2D eigenvalue weighted by Gasteiger charge is 2.42. The van der Waals surface area contributed by atoms with E-state index in [1.807, 2.05) is 97.2 Å². The van der Waals surface area contributed by atoms with Gasteiger partial charge in [0.25, 0.3) is 0 Å². The van der Waals surface area contributed by atoms with Gasteiger partial charge in [-0.3, -0.25) is 4.98 Å². The molecule has 1 aliphatic heterocycles. The number of anilines is 1. The molecule has 38 heavy (non-hydrogen) atoms. The van der Waals surface area contributed by atoms with E-state index in [0.717, 1.165) is 40.0 Å². The fourth-order valence-corrected chi connectivity index (χ4v) is 5.21. The van der Waals surface area contributed by atoms with Gasteiger partial charge in [0.2, 0.25) is 0 Å². The van der Waals surface area contributed by atoms with Gasteiger partial charge in [0.15, 0.2) is 5.11 Å². The lowest BCUT2D eigenvalue weighted by Gasteiger charge is -2.29. The third-order valence-corrected chi connectivity index (χ3v) is 6.92. The Bertz CT molecular complexity index is 1540. The third kappa shape index (κ3) is 4.60. The van der Waals surface area contributed by atoms with Gasteiger partial charge in [-0.1, -0.05) is 30.3 Å². The molecular weight excluding hydrogens is 492 g/mol. The summed E-state index contributed by atoms with van der Waals surface area (Å²) < 4.78 is 13.7. The summed E-state index contributed by atoms with van der Waals surface area (Å²) in [6.07, 6.45) is 3.88. The smallest absolute Gasteiger partial charge is 0.174 e. The Morgan fingerprint density at radius 1 is 0.763 bits per heavy atom. The molecule has 2 atom stereocenters. The van der Waals surface area contributed by atoms with Crippen LogP contribution in [0.25, 0.3) is 5.69 Å². The highest BCUT2D eigenvalue weighted by molar-refractivity contribution is 7.80. The van der Waals surface area contributed by atoms with E-state index in [1.54, 1.807) is 7.11 Å². The number of methoxy groups -OCH3 is 1. The second-order valence-electron chi connectivity index (χ2n) is 8.91. The molecule has 0 bridgehead atoms.